The van der Waals surface area contributed by atoms with Gasteiger partial charge in [-0.15, -0.1) is 0 Å². The number of hydrogen-bond acceptors (Lipinski definition) is 6. The Balaban J connectivity index is 1.25. The van der Waals surface area contributed by atoms with Crippen molar-refractivity contribution in [2.75, 3.05) is 31.1 Å². The number of rotatable bonds is 4. The number of fused-ring (bicyclic) bond motifs is 1. The van der Waals surface area contributed by atoms with E-state index in [1.807, 2.05) is 30.3 Å². The van der Waals surface area contributed by atoms with E-state index in [0.717, 1.165) is 36.2 Å². The predicted molar refractivity (Wildman–Crippen MR) is 109 cm³/mol. The minimum Gasteiger partial charge on any atom is -0.472 e. The van der Waals surface area contributed by atoms with Gasteiger partial charge in [-0.3, -0.25) is 9.89 Å². The Labute approximate surface area is 168 Å². The van der Waals surface area contributed by atoms with Gasteiger partial charge in [-0.05, 0) is 25.3 Å². The molecule has 5 rings (SSSR count). The molecule has 2 aliphatic rings. The van der Waals surface area contributed by atoms with E-state index >= 15 is 0 Å². The number of aromatic nitrogens is 4. The Morgan fingerprint density at radius 2 is 1.97 bits per heavy atom. The van der Waals surface area contributed by atoms with E-state index in [0.29, 0.717) is 24.7 Å². The van der Waals surface area contributed by atoms with E-state index in [2.05, 4.69) is 25.1 Å². The highest BCUT2D eigenvalue weighted by molar-refractivity contribution is 6.04. The molecule has 1 unspecified atom stereocenters. The summed E-state index contributed by atoms with van der Waals surface area (Å²) in [5.41, 5.74) is 1.34. The van der Waals surface area contributed by atoms with Gasteiger partial charge < -0.3 is 14.5 Å². The first-order valence-electron chi connectivity index (χ1n) is 10.2. The molecule has 0 radical (unpaired) electrons. The summed E-state index contributed by atoms with van der Waals surface area (Å²) < 4.78 is 6.09. The molecule has 0 bridgehead atoms. The lowest BCUT2D eigenvalue weighted by Crippen LogP contribution is -2.31. The van der Waals surface area contributed by atoms with Crippen LogP contribution in [0.2, 0.25) is 0 Å². The van der Waals surface area contributed by atoms with Crippen LogP contribution < -0.4 is 9.64 Å². The third kappa shape index (κ3) is 3.62. The number of likely N-dealkylation sites (tertiary alicyclic amines) is 1. The molecular formula is C21H24N6O2. The number of nitrogens with zero attached hydrogens (tertiary/aromatic N) is 5. The second-order valence-corrected chi connectivity index (χ2v) is 7.66. The van der Waals surface area contributed by atoms with Crippen LogP contribution in [0.3, 0.4) is 0 Å². The van der Waals surface area contributed by atoms with Crippen LogP contribution in [0.1, 0.15) is 36.2 Å². The van der Waals surface area contributed by atoms with Crippen molar-refractivity contribution in [1.82, 2.24) is 25.1 Å². The number of para-hydroxylation sites is 1. The molecule has 150 valence electrons. The molecule has 2 saturated heterocycles. The average molecular weight is 392 g/mol. The summed E-state index contributed by atoms with van der Waals surface area (Å²) in [6, 6.07) is 9.59. The summed E-state index contributed by atoms with van der Waals surface area (Å²) in [6.07, 6.45) is 5.93. The lowest BCUT2D eigenvalue weighted by molar-refractivity contribution is 0.0767. The summed E-state index contributed by atoms with van der Waals surface area (Å²) >= 11 is 0. The topological polar surface area (TPSA) is 87.2 Å². The number of benzene rings is 1. The summed E-state index contributed by atoms with van der Waals surface area (Å²) in [5, 5.41) is 8.01. The summed E-state index contributed by atoms with van der Waals surface area (Å²) in [6.45, 7) is 3.23. The molecule has 2 fully saturated rings. The number of carbonyl (C=O) groups is 1. The van der Waals surface area contributed by atoms with E-state index in [9.17, 15) is 4.79 Å². The van der Waals surface area contributed by atoms with Gasteiger partial charge >= 0.3 is 0 Å². The van der Waals surface area contributed by atoms with Crippen molar-refractivity contribution >= 4 is 22.6 Å². The Morgan fingerprint density at radius 3 is 2.86 bits per heavy atom. The number of H-pyrrole nitrogens is 1. The third-order valence-electron chi connectivity index (χ3n) is 5.70. The fourth-order valence-corrected chi connectivity index (χ4v) is 4.15. The first-order chi connectivity index (χ1) is 14.3. The van der Waals surface area contributed by atoms with Crippen molar-refractivity contribution in [3.63, 3.8) is 0 Å². The van der Waals surface area contributed by atoms with Gasteiger partial charge in [0, 0.05) is 37.5 Å². The molecule has 1 aromatic carbocycles. The van der Waals surface area contributed by atoms with Gasteiger partial charge in [0.05, 0.1) is 12.1 Å². The maximum Gasteiger partial charge on any atom is 0.275 e. The summed E-state index contributed by atoms with van der Waals surface area (Å²) in [4.78, 5) is 25.7. The molecule has 4 heterocycles. The summed E-state index contributed by atoms with van der Waals surface area (Å²) in [7, 11) is 0. The molecule has 2 aliphatic heterocycles. The van der Waals surface area contributed by atoms with E-state index < -0.39 is 0 Å². The van der Waals surface area contributed by atoms with Gasteiger partial charge in [-0.2, -0.15) is 5.10 Å². The smallest absolute Gasteiger partial charge is 0.275 e. The van der Waals surface area contributed by atoms with E-state index in [1.54, 1.807) is 11.2 Å². The Kier molecular flexibility index (Phi) is 4.75. The number of nitrogens with one attached hydrogen (secondary N) is 1. The third-order valence-corrected chi connectivity index (χ3v) is 5.70. The average Bonchev–Trinajstić information content (AvgIpc) is 3.41. The van der Waals surface area contributed by atoms with Gasteiger partial charge in [0.25, 0.3) is 5.91 Å². The minimum atomic E-state index is -0.0757. The zero-order valence-corrected chi connectivity index (χ0v) is 16.3. The summed E-state index contributed by atoms with van der Waals surface area (Å²) in [5.74, 6) is 1.43. The zero-order valence-electron chi connectivity index (χ0n) is 16.3. The second-order valence-electron chi connectivity index (χ2n) is 7.66. The first kappa shape index (κ1) is 17.9. The molecule has 1 atom stereocenters. The number of anilines is 1. The highest BCUT2D eigenvalue weighted by Crippen LogP contribution is 2.24. The first-order valence-corrected chi connectivity index (χ1v) is 10.2. The number of ether oxygens (including phenoxy) is 1. The van der Waals surface area contributed by atoms with Crippen LogP contribution in [0.25, 0.3) is 10.9 Å². The normalized spacial score (nSPS) is 19.7. The highest BCUT2D eigenvalue weighted by Gasteiger charge is 2.30. The van der Waals surface area contributed by atoms with Gasteiger partial charge in [0.15, 0.2) is 5.69 Å². The van der Waals surface area contributed by atoms with Crippen molar-refractivity contribution in [3.8, 4) is 5.88 Å². The fourth-order valence-electron chi connectivity index (χ4n) is 4.15. The molecule has 0 saturated carbocycles. The molecule has 8 nitrogen and oxygen atoms in total. The molecule has 1 amide bonds. The number of amides is 1. The lowest BCUT2D eigenvalue weighted by atomic mass is 10.1. The molecular weight excluding hydrogens is 368 g/mol. The van der Waals surface area contributed by atoms with Gasteiger partial charge in [0.2, 0.25) is 5.88 Å². The van der Waals surface area contributed by atoms with Crippen molar-refractivity contribution in [1.29, 1.82) is 0 Å². The maximum atomic E-state index is 12.9. The maximum absolute atomic E-state index is 12.9. The molecule has 0 spiro atoms. The SMILES string of the molecule is O=C(c1n[nH]c2ccccc12)N1CCC(Oc2cc(N3CCCCC3)ncn2)C1. The molecule has 8 heteroatoms. The number of aromatic amines is 1. The van der Waals surface area contributed by atoms with Crippen LogP contribution in [0.5, 0.6) is 5.88 Å². The monoisotopic (exact) mass is 392 g/mol. The van der Waals surface area contributed by atoms with Gasteiger partial charge in [-0.1, -0.05) is 18.2 Å². The van der Waals surface area contributed by atoms with Crippen LogP contribution in [0, 0.1) is 0 Å². The quantitative estimate of drug-likeness (QED) is 0.734. The highest BCUT2D eigenvalue weighted by atomic mass is 16.5. The second kappa shape index (κ2) is 7.69. The largest absolute Gasteiger partial charge is 0.472 e. The van der Waals surface area contributed by atoms with Crippen molar-refractivity contribution in [3.05, 3.63) is 42.4 Å². The van der Waals surface area contributed by atoms with E-state index in [4.69, 9.17) is 4.74 Å². The molecule has 2 aromatic heterocycles. The number of carbonyl (C=O) groups excluding carboxylic acids is 1. The van der Waals surface area contributed by atoms with Crippen molar-refractivity contribution < 1.29 is 9.53 Å². The zero-order chi connectivity index (χ0) is 19.6. The van der Waals surface area contributed by atoms with Crippen molar-refractivity contribution in [2.45, 2.75) is 31.8 Å². The molecule has 29 heavy (non-hydrogen) atoms. The van der Waals surface area contributed by atoms with Gasteiger partial charge in [-0.25, -0.2) is 9.97 Å². The number of piperidine rings is 1. The predicted octanol–water partition coefficient (Wildman–Crippen LogP) is 2.64. The number of hydrogen-bond donors (Lipinski definition) is 1. The van der Waals surface area contributed by atoms with E-state index in [1.165, 1.54) is 19.3 Å². The standard InChI is InChI=1S/C21H24N6O2/c28-21(20-16-6-2-3-7-17(16)24-25-20)27-11-8-15(13-27)29-19-12-18(22-14-23-19)26-9-4-1-5-10-26/h2-3,6-7,12,14-15H,1,4-5,8-11,13H2,(H,24,25). The van der Waals surface area contributed by atoms with Crippen molar-refractivity contribution in [2.24, 2.45) is 0 Å². The van der Waals surface area contributed by atoms with E-state index in [-0.39, 0.29) is 12.0 Å². The van der Waals surface area contributed by atoms with Crippen LogP contribution in [-0.2, 0) is 0 Å². The van der Waals surface area contributed by atoms with Crippen LogP contribution >= 0.6 is 0 Å². The van der Waals surface area contributed by atoms with Crippen LogP contribution in [0.15, 0.2) is 36.7 Å². The minimum absolute atomic E-state index is 0.0646. The Bertz CT molecular complexity index is 1010. The molecule has 3 aromatic rings. The van der Waals surface area contributed by atoms with Crippen LogP contribution in [-0.4, -0.2) is 63.3 Å². The molecule has 0 aliphatic carbocycles. The Morgan fingerprint density at radius 1 is 1.10 bits per heavy atom. The molecule has 1 N–H and O–H groups in total. The lowest BCUT2D eigenvalue weighted by Gasteiger charge is -2.27. The fraction of sp³-hybridized carbons (Fsp3) is 0.429. The van der Waals surface area contributed by atoms with Gasteiger partial charge in [0.1, 0.15) is 18.2 Å². The van der Waals surface area contributed by atoms with Crippen LogP contribution in [0.4, 0.5) is 5.82 Å². The Hall–Kier alpha value is -3.16.